The van der Waals surface area contributed by atoms with Crippen LogP contribution in [-0.2, 0) is 0 Å². The monoisotopic (exact) mass is 305 g/mol. The number of thiophene rings is 1. The van der Waals surface area contributed by atoms with Crippen LogP contribution >= 0.6 is 22.9 Å². The van der Waals surface area contributed by atoms with Crippen LogP contribution in [0.3, 0.4) is 0 Å². The number of fused-ring (bicyclic) bond motifs is 1. The van der Waals surface area contributed by atoms with E-state index in [1.165, 1.54) is 15.0 Å². The van der Waals surface area contributed by atoms with Crippen LogP contribution in [-0.4, -0.2) is 0 Å². The van der Waals surface area contributed by atoms with Gasteiger partial charge in [0, 0.05) is 9.58 Å². The molecule has 1 heterocycles. The molecule has 3 aromatic rings. The van der Waals surface area contributed by atoms with Crippen LogP contribution < -0.4 is 5.32 Å². The maximum absolute atomic E-state index is 13.9. The zero-order valence-electron chi connectivity index (χ0n) is 10.9. The molecule has 0 radical (unpaired) electrons. The van der Waals surface area contributed by atoms with Crippen LogP contribution in [0.15, 0.2) is 48.5 Å². The Hall–Kier alpha value is -1.58. The molecule has 1 N–H and O–H groups in total. The van der Waals surface area contributed by atoms with Gasteiger partial charge in [-0.05, 0) is 36.6 Å². The van der Waals surface area contributed by atoms with E-state index < -0.39 is 5.82 Å². The molecule has 0 aliphatic carbocycles. The summed E-state index contributed by atoms with van der Waals surface area (Å²) in [7, 11) is 0. The highest BCUT2D eigenvalue weighted by atomic mass is 35.5. The second-order valence-electron chi connectivity index (χ2n) is 4.65. The van der Waals surface area contributed by atoms with E-state index in [1.54, 1.807) is 29.5 Å². The number of hydrogen-bond donors (Lipinski definition) is 1. The average Bonchev–Trinajstić information content (AvgIpc) is 2.88. The molecule has 1 unspecified atom stereocenters. The SMILES string of the molecule is CC(Nc1cccc(Cl)c1F)c1cc2ccccc2s1. The summed E-state index contributed by atoms with van der Waals surface area (Å²) in [5, 5.41) is 4.53. The molecule has 102 valence electrons. The summed E-state index contributed by atoms with van der Waals surface area (Å²) in [5.74, 6) is -0.401. The van der Waals surface area contributed by atoms with Gasteiger partial charge in [-0.1, -0.05) is 35.9 Å². The maximum atomic E-state index is 13.9. The first-order valence-corrected chi connectivity index (χ1v) is 7.53. The molecule has 0 saturated carbocycles. The highest BCUT2D eigenvalue weighted by Crippen LogP contribution is 2.32. The average molecular weight is 306 g/mol. The minimum absolute atomic E-state index is 0.0281. The Kier molecular flexibility index (Phi) is 3.64. The van der Waals surface area contributed by atoms with Gasteiger partial charge >= 0.3 is 0 Å². The number of halogens is 2. The van der Waals surface area contributed by atoms with Gasteiger partial charge in [0.15, 0.2) is 5.82 Å². The van der Waals surface area contributed by atoms with Gasteiger partial charge in [-0.3, -0.25) is 0 Å². The van der Waals surface area contributed by atoms with Crippen molar-refractivity contribution in [2.45, 2.75) is 13.0 Å². The molecular weight excluding hydrogens is 293 g/mol. The van der Waals surface area contributed by atoms with Crippen molar-refractivity contribution in [3.63, 3.8) is 0 Å². The molecule has 2 aromatic carbocycles. The van der Waals surface area contributed by atoms with Gasteiger partial charge in [-0.25, -0.2) is 4.39 Å². The second kappa shape index (κ2) is 5.43. The lowest BCUT2D eigenvalue weighted by atomic mass is 10.2. The Bertz CT molecular complexity index is 720. The number of benzene rings is 2. The van der Waals surface area contributed by atoms with Crippen molar-refractivity contribution in [2.75, 3.05) is 5.32 Å². The highest BCUT2D eigenvalue weighted by molar-refractivity contribution is 7.19. The standard InChI is InChI=1S/C16H13ClFNS/c1-10(19-13-7-4-6-12(17)16(13)18)15-9-11-5-2-3-8-14(11)20-15/h2-10,19H,1H3. The predicted molar refractivity (Wildman–Crippen MR) is 85.3 cm³/mol. The zero-order chi connectivity index (χ0) is 14.1. The minimum Gasteiger partial charge on any atom is -0.375 e. The van der Waals surface area contributed by atoms with E-state index in [1.807, 2.05) is 19.1 Å². The van der Waals surface area contributed by atoms with E-state index in [-0.39, 0.29) is 11.1 Å². The quantitative estimate of drug-likeness (QED) is 0.638. The number of anilines is 1. The smallest absolute Gasteiger partial charge is 0.164 e. The normalized spacial score (nSPS) is 12.6. The third-order valence-corrected chi connectivity index (χ3v) is 4.79. The second-order valence-corrected chi connectivity index (χ2v) is 6.18. The van der Waals surface area contributed by atoms with Gasteiger partial charge < -0.3 is 5.32 Å². The van der Waals surface area contributed by atoms with E-state index in [9.17, 15) is 4.39 Å². The Morgan fingerprint density at radius 2 is 1.95 bits per heavy atom. The van der Waals surface area contributed by atoms with Crippen LogP contribution in [0.2, 0.25) is 5.02 Å². The number of rotatable bonds is 3. The topological polar surface area (TPSA) is 12.0 Å². The molecular formula is C16H13ClFNS. The van der Waals surface area contributed by atoms with Gasteiger partial charge in [0.1, 0.15) is 0 Å². The van der Waals surface area contributed by atoms with Crippen molar-refractivity contribution in [1.29, 1.82) is 0 Å². The third-order valence-electron chi connectivity index (χ3n) is 3.19. The van der Waals surface area contributed by atoms with Gasteiger partial charge in [0.05, 0.1) is 16.8 Å². The molecule has 3 rings (SSSR count). The van der Waals surface area contributed by atoms with Crippen molar-refractivity contribution in [3.8, 4) is 0 Å². The van der Waals surface area contributed by atoms with E-state index in [2.05, 4.69) is 23.5 Å². The van der Waals surface area contributed by atoms with E-state index in [4.69, 9.17) is 11.6 Å². The van der Waals surface area contributed by atoms with Crippen LogP contribution in [0.25, 0.3) is 10.1 Å². The van der Waals surface area contributed by atoms with Crippen molar-refractivity contribution in [1.82, 2.24) is 0 Å². The summed E-state index contributed by atoms with van der Waals surface area (Å²) < 4.78 is 15.1. The van der Waals surface area contributed by atoms with Crippen LogP contribution in [0.1, 0.15) is 17.8 Å². The lowest BCUT2D eigenvalue weighted by Gasteiger charge is -2.14. The summed E-state index contributed by atoms with van der Waals surface area (Å²) in [6, 6.07) is 15.4. The molecule has 4 heteroatoms. The van der Waals surface area contributed by atoms with Gasteiger partial charge in [0.25, 0.3) is 0 Å². The van der Waals surface area contributed by atoms with Gasteiger partial charge in [0.2, 0.25) is 0 Å². The molecule has 0 saturated heterocycles. The number of nitrogens with one attached hydrogen (secondary N) is 1. The third kappa shape index (κ3) is 2.51. The fraction of sp³-hybridized carbons (Fsp3) is 0.125. The van der Waals surface area contributed by atoms with Crippen LogP contribution in [0.5, 0.6) is 0 Å². The highest BCUT2D eigenvalue weighted by Gasteiger charge is 2.12. The Balaban J connectivity index is 1.89. The maximum Gasteiger partial charge on any atom is 0.164 e. The summed E-state index contributed by atoms with van der Waals surface area (Å²) >= 11 is 7.51. The number of hydrogen-bond acceptors (Lipinski definition) is 2. The first-order chi connectivity index (χ1) is 9.65. The van der Waals surface area contributed by atoms with Gasteiger partial charge in [-0.2, -0.15) is 0 Å². The fourth-order valence-corrected chi connectivity index (χ4v) is 3.38. The first kappa shape index (κ1) is 13.4. The lowest BCUT2D eigenvalue weighted by Crippen LogP contribution is -2.06. The molecule has 0 bridgehead atoms. The van der Waals surface area contributed by atoms with E-state index in [0.29, 0.717) is 5.69 Å². The predicted octanol–water partition coefficient (Wildman–Crippen LogP) is 5.87. The molecule has 0 amide bonds. The van der Waals surface area contributed by atoms with E-state index in [0.717, 1.165) is 0 Å². The largest absolute Gasteiger partial charge is 0.375 e. The van der Waals surface area contributed by atoms with Crippen molar-refractivity contribution < 1.29 is 4.39 Å². The minimum atomic E-state index is -0.401. The van der Waals surface area contributed by atoms with Crippen molar-refractivity contribution in [3.05, 3.63) is 64.2 Å². The van der Waals surface area contributed by atoms with Crippen molar-refractivity contribution in [2.24, 2.45) is 0 Å². The zero-order valence-corrected chi connectivity index (χ0v) is 12.4. The van der Waals surface area contributed by atoms with Crippen LogP contribution in [0, 0.1) is 5.82 Å². The molecule has 1 aromatic heterocycles. The van der Waals surface area contributed by atoms with Crippen LogP contribution in [0.4, 0.5) is 10.1 Å². The summed E-state index contributed by atoms with van der Waals surface area (Å²) in [6.45, 7) is 2.02. The molecule has 0 aliphatic heterocycles. The Labute approximate surface area is 126 Å². The summed E-state index contributed by atoms with van der Waals surface area (Å²) in [6.07, 6.45) is 0. The molecule has 1 atom stereocenters. The summed E-state index contributed by atoms with van der Waals surface area (Å²) in [5.41, 5.74) is 0.433. The molecule has 20 heavy (non-hydrogen) atoms. The van der Waals surface area contributed by atoms with Gasteiger partial charge in [-0.15, -0.1) is 11.3 Å². The first-order valence-electron chi connectivity index (χ1n) is 6.34. The fourth-order valence-electron chi connectivity index (χ4n) is 2.14. The molecule has 0 aliphatic rings. The van der Waals surface area contributed by atoms with E-state index >= 15 is 0 Å². The van der Waals surface area contributed by atoms with Crippen molar-refractivity contribution >= 4 is 38.7 Å². The Morgan fingerprint density at radius 3 is 2.75 bits per heavy atom. The lowest BCUT2D eigenvalue weighted by molar-refractivity contribution is 0.628. The molecule has 0 spiro atoms. The molecule has 0 fully saturated rings. The molecule has 1 nitrogen and oxygen atoms in total. The summed E-state index contributed by atoms with van der Waals surface area (Å²) in [4.78, 5) is 1.17. The Morgan fingerprint density at radius 1 is 1.15 bits per heavy atom.